The summed E-state index contributed by atoms with van der Waals surface area (Å²) in [5, 5.41) is 14.9. The van der Waals surface area contributed by atoms with E-state index in [0.717, 1.165) is 0 Å². The maximum Gasteiger partial charge on any atom is 0.270 e. The van der Waals surface area contributed by atoms with E-state index < -0.39 is 4.92 Å². The number of amides is 1. The lowest BCUT2D eigenvalue weighted by Crippen LogP contribution is -2.30. The lowest BCUT2D eigenvalue weighted by molar-refractivity contribution is -0.384. The predicted molar refractivity (Wildman–Crippen MR) is 69.1 cm³/mol. The Bertz CT molecular complexity index is 639. The molecule has 0 saturated heterocycles. The Morgan fingerprint density at radius 2 is 2.30 bits per heavy atom. The Hall–Kier alpha value is -2.81. The van der Waals surface area contributed by atoms with Crippen molar-refractivity contribution in [1.82, 2.24) is 20.2 Å². The average Bonchev–Trinajstić information content (AvgIpc) is 2.93. The van der Waals surface area contributed by atoms with Gasteiger partial charge in [-0.2, -0.15) is 5.10 Å². The predicted octanol–water partition coefficient (Wildman–Crippen LogP) is 0.233. The molecule has 3 N–H and O–H groups in total. The number of hydrogen-bond donors (Lipinski definition) is 2. The quantitative estimate of drug-likeness (QED) is 0.348. The number of nitro groups is 1. The van der Waals surface area contributed by atoms with Gasteiger partial charge in [0.2, 0.25) is 5.91 Å². The number of carbonyl (C=O) groups excluding carboxylic acids is 1. The molecule has 1 heterocycles. The smallest absolute Gasteiger partial charge is 0.270 e. The highest BCUT2D eigenvalue weighted by molar-refractivity contribution is 5.75. The highest BCUT2D eigenvalue weighted by Gasteiger charge is 2.10. The van der Waals surface area contributed by atoms with Gasteiger partial charge in [-0.15, -0.1) is 0 Å². The lowest BCUT2D eigenvalue weighted by Gasteiger charge is -1.99. The van der Waals surface area contributed by atoms with Crippen molar-refractivity contribution in [2.45, 2.75) is 13.0 Å². The molecule has 0 radical (unpaired) electrons. The minimum absolute atomic E-state index is 0.0265. The van der Waals surface area contributed by atoms with Crippen LogP contribution in [0, 0.1) is 10.1 Å². The summed E-state index contributed by atoms with van der Waals surface area (Å²) in [7, 11) is 0. The molecule has 0 fully saturated rings. The number of benzene rings is 1. The van der Waals surface area contributed by atoms with E-state index in [1.165, 1.54) is 23.1 Å². The molecule has 0 saturated carbocycles. The molecule has 0 aliphatic rings. The van der Waals surface area contributed by atoms with Gasteiger partial charge >= 0.3 is 0 Å². The molecule has 0 bridgehead atoms. The number of rotatable bonds is 5. The second-order valence-electron chi connectivity index (χ2n) is 3.96. The van der Waals surface area contributed by atoms with E-state index in [0.29, 0.717) is 17.9 Å². The van der Waals surface area contributed by atoms with Crippen LogP contribution in [0.1, 0.15) is 6.42 Å². The number of hydrazine groups is 1. The summed E-state index contributed by atoms with van der Waals surface area (Å²) in [6.45, 7) is 0.324. The highest BCUT2D eigenvalue weighted by Crippen LogP contribution is 2.20. The van der Waals surface area contributed by atoms with Gasteiger partial charge in [-0.3, -0.25) is 25.0 Å². The van der Waals surface area contributed by atoms with Gasteiger partial charge in [-0.25, -0.2) is 10.8 Å². The van der Waals surface area contributed by atoms with E-state index in [1.807, 2.05) is 5.43 Å². The van der Waals surface area contributed by atoms with Crippen molar-refractivity contribution >= 4 is 11.6 Å². The molecule has 104 valence electrons. The number of carbonyl (C=O) groups is 1. The van der Waals surface area contributed by atoms with Crippen molar-refractivity contribution in [3.05, 3.63) is 40.7 Å². The third kappa shape index (κ3) is 3.14. The Kier molecular flexibility index (Phi) is 4.01. The van der Waals surface area contributed by atoms with Gasteiger partial charge in [0, 0.05) is 24.1 Å². The minimum Gasteiger partial charge on any atom is -0.294 e. The number of hydrogen-bond acceptors (Lipinski definition) is 6. The van der Waals surface area contributed by atoms with Crippen LogP contribution >= 0.6 is 0 Å². The maximum atomic E-state index is 11.0. The monoisotopic (exact) mass is 276 g/mol. The molecule has 9 heteroatoms. The van der Waals surface area contributed by atoms with Crippen molar-refractivity contribution in [1.29, 1.82) is 0 Å². The van der Waals surface area contributed by atoms with Crippen LogP contribution < -0.4 is 11.3 Å². The number of aryl methyl sites for hydroxylation is 1. The summed E-state index contributed by atoms with van der Waals surface area (Å²) in [6, 6.07) is 6.04. The molecular formula is C11H12N6O3. The molecule has 20 heavy (non-hydrogen) atoms. The van der Waals surface area contributed by atoms with E-state index in [-0.39, 0.29) is 18.0 Å². The van der Waals surface area contributed by atoms with Crippen molar-refractivity contribution in [3.63, 3.8) is 0 Å². The van der Waals surface area contributed by atoms with E-state index in [9.17, 15) is 14.9 Å². The molecule has 1 amide bonds. The minimum atomic E-state index is -0.480. The van der Waals surface area contributed by atoms with Crippen molar-refractivity contribution in [2.75, 3.05) is 0 Å². The van der Waals surface area contributed by atoms with E-state index >= 15 is 0 Å². The summed E-state index contributed by atoms with van der Waals surface area (Å²) < 4.78 is 1.48. The van der Waals surface area contributed by atoms with Crippen LogP contribution in [0.15, 0.2) is 30.6 Å². The van der Waals surface area contributed by atoms with Gasteiger partial charge < -0.3 is 0 Å². The van der Waals surface area contributed by atoms with Crippen LogP contribution in [0.25, 0.3) is 11.4 Å². The topological polar surface area (TPSA) is 129 Å². The molecule has 0 atom stereocenters. The number of nitrogens with two attached hydrogens (primary N) is 1. The van der Waals surface area contributed by atoms with Crippen LogP contribution in [-0.2, 0) is 11.3 Å². The standard InChI is InChI=1S/C11H12N6O3/c12-14-10(18)4-5-16-7-13-11(15-16)8-2-1-3-9(6-8)17(19)20/h1-3,6-7H,4-5,12H2,(H,14,18). The fourth-order valence-corrected chi connectivity index (χ4v) is 1.58. The number of nitrogens with one attached hydrogen (secondary N) is 1. The van der Waals surface area contributed by atoms with Gasteiger partial charge in [0.1, 0.15) is 6.33 Å². The normalized spacial score (nSPS) is 10.2. The molecule has 2 rings (SSSR count). The molecule has 2 aromatic rings. The van der Waals surface area contributed by atoms with Gasteiger partial charge in [-0.05, 0) is 0 Å². The third-order valence-corrected chi connectivity index (χ3v) is 2.58. The molecule has 0 aliphatic heterocycles. The largest absolute Gasteiger partial charge is 0.294 e. The van der Waals surface area contributed by atoms with Crippen molar-refractivity contribution in [3.8, 4) is 11.4 Å². The van der Waals surface area contributed by atoms with E-state index in [1.54, 1.807) is 12.1 Å². The van der Waals surface area contributed by atoms with E-state index in [4.69, 9.17) is 5.84 Å². The summed E-state index contributed by atoms with van der Waals surface area (Å²) >= 11 is 0. The van der Waals surface area contributed by atoms with Crippen LogP contribution in [0.5, 0.6) is 0 Å². The van der Waals surface area contributed by atoms with Crippen molar-refractivity contribution < 1.29 is 9.72 Å². The Labute approximate surface area is 113 Å². The summed E-state index contributed by atoms with van der Waals surface area (Å²) in [6.07, 6.45) is 1.63. The fraction of sp³-hybridized carbons (Fsp3) is 0.182. The summed E-state index contributed by atoms with van der Waals surface area (Å²) in [5.74, 6) is 5.02. The Morgan fingerprint density at radius 1 is 1.50 bits per heavy atom. The second-order valence-corrected chi connectivity index (χ2v) is 3.96. The first-order valence-electron chi connectivity index (χ1n) is 5.74. The highest BCUT2D eigenvalue weighted by atomic mass is 16.6. The fourth-order valence-electron chi connectivity index (χ4n) is 1.58. The second kappa shape index (κ2) is 5.89. The number of nitrogens with zero attached hydrogens (tertiary/aromatic N) is 4. The lowest BCUT2D eigenvalue weighted by atomic mass is 10.2. The average molecular weight is 276 g/mol. The molecule has 9 nitrogen and oxygen atoms in total. The zero-order valence-corrected chi connectivity index (χ0v) is 10.4. The van der Waals surface area contributed by atoms with Gasteiger partial charge in [0.05, 0.1) is 11.5 Å². The first-order valence-corrected chi connectivity index (χ1v) is 5.74. The molecule has 0 aliphatic carbocycles. The van der Waals surface area contributed by atoms with Crippen LogP contribution in [0.3, 0.4) is 0 Å². The Morgan fingerprint density at radius 3 is 3.00 bits per heavy atom. The first-order chi connectivity index (χ1) is 9.60. The number of non-ortho nitro benzene ring substituents is 1. The molecule has 0 unspecified atom stereocenters. The zero-order valence-electron chi connectivity index (χ0n) is 10.4. The van der Waals surface area contributed by atoms with Gasteiger partial charge in [0.25, 0.3) is 5.69 Å². The van der Waals surface area contributed by atoms with Crippen LogP contribution in [0.4, 0.5) is 5.69 Å². The molecular weight excluding hydrogens is 264 g/mol. The number of aromatic nitrogens is 3. The SMILES string of the molecule is NNC(=O)CCn1cnc(-c2cccc([N+](=O)[O-])c2)n1. The number of nitro benzene ring substituents is 1. The molecule has 1 aromatic heterocycles. The maximum absolute atomic E-state index is 11.0. The molecule has 0 spiro atoms. The first kappa shape index (κ1) is 13.6. The summed E-state index contributed by atoms with van der Waals surface area (Å²) in [5.41, 5.74) is 2.53. The van der Waals surface area contributed by atoms with Crippen LogP contribution in [-0.4, -0.2) is 25.6 Å². The molecule has 1 aromatic carbocycles. The van der Waals surface area contributed by atoms with Crippen LogP contribution in [0.2, 0.25) is 0 Å². The third-order valence-electron chi connectivity index (χ3n) is 2.58. The van der Waals surface area contributed by atoms with Gasteiger partial charge in [-0.1, -0.05) is 12.1 Å². The Balaban J connectivity index is 2.14. The van der Waals surface area contributed by atoms with Gasteiger partial charge in [0.15, 0.2) is 5.82 Å². The summed E-state index contributed by atoms with van der Waals surface area (Å²) in [4.78, 5) is 25.3. The van der Waals surface area contributed by atoms with Crippen molar-refractivity contribution in [2.24, 2.45) is 5.84 Å². The van der Waals surface area contributed by atoms with E-state index in [2.05, 4.69) is 10.1 Å². The zero-order chi connectivity index (χ0) is 14.5.